The molecule has 1 heterocycles. The summed E-state index contributed by atoms with van der Waals surface area (Å²) in [6.07, 6.45) is 0. The molecule has 1 aromatic heterocycles. The lowest BCUT2D eigenvalue weighted by atomic mass is 10.3. The summed E-state index contributed by atoms with van der Waals surface area (Å²) in [6, 6.07) is 9.83. The smallest absolute Gasteiger partial charge is 0.119 e. The quantitative estimate of drug-likeness (QED) is 0.722. The van der Waals surface area contributed by atoms with Gasteiger partial charge < -0.3 is 0 Å². The van der Waals surface area contributed by atoms with Gasteiger partial charge in [0.15, 0.2) is 0 Å². The summed E-state index contributed by atoms with van der Waals surface area (Å²) in [4.78, 5) is 8.90. The van der Waals surface area contributed by atoms with Crippen molar-refractivity contribution in [1.29, 1.82) is 5.26 Å². The van der Waals surface area contributed by atoms with E-state index in [1.807, 2.05) is 31.2 Å². The molecule has 3 nitrogen and oxygen atoms in total. The van der Waals surface area contributed by atoms with Crippen LogP contribution in [0.15, 0.2) is 29.3 Å². The second kappa shape index (κ2) is 4.28. The van der Waals surface area contributed by atoms with Gasteiger partial charge in [-0.25, -0.2) is 9.97 Å². The lowest BCUT2D eigenvalue weighted by molar-refractivity contribution is 1.04. The molecule has 0 N–H and O–H groups in total. The van der Waals surface area contributed by atoms with Gasteiger partial charge in [0.05, 0.1) is 28.5 Å². The molecule has 0 aliphatic carbocycles. The number of thioether (sulfide) groups is 1. The van der Waals surface area contributed by atoms with Crippen molar-refractivity contribution in [3.8, 4) is 6.07 Å². The average Bonchev–Trinajstić information content (AvgIpc) is 2.26. The van der Waals surface area contributed by atoms with Gasteiger partial charge in [0.1, 0.15) is 5.03 Å². The first-order valence-corrected chi connectivity index (χ1v) is 5.53. The molecule has 0 radical (unpaired) electrons. The minimum Gasteiger partial charge on any atom is -0.249 e. The second-order valence-electron chi connectivity index (χ2n) is 3.05. The van der Waals surface area contributed by atoms with E-state index in [0.717, 1.165) is 21.8 Å². The molecule has 4 heteroatoms. The SMILES string of the molecule is Cc1nc2ccccc2nc1SCC#N. The first kappa shape index (κ1) is 9.94. The van der Waals surface area contributed by atoms with Crippen LogP contribution in [0.4, 0.5) is 0 Å². The minimum absolute atomic E-state index is 0.411. The molecule has 74 valence electrons. The molecule has 2 aromatic rings. The molecule has 0 atom stereocenters. The number of aryl methyl sites for hydroxylation is 1. The van der Waals surface area contributed by atoms with Gasteiger partial charge in [0, 0.05) is 0 Å². The molecule has 0 aliphatic rings. The molecule has 2 rings (SSSR count). The van der Waals surface area contributed by atoms with Crippen molar-refractivity contribution in [2.45, 2.75) is 11.9 Å². The number of nitrogens with zero attached hydrogens (tertiary/aromatic N) is 3. The molecular weight excluding hydrogens is 206 g/mol. The van der Waals surface area contributed by atoms with Gasteiger partial charge in [-0.05, 0) is 19.1 Å². The molecule has 0 amide bonds. The predicted molar refractivity (Wildman–Crippen MR) is 60.6 cm³/mol. The van der Waals surface area contributed by atoms with Crippen molar-refractivity contribution in [3.63, 3.8) is 0 Å². The van der Waals surface area contributed by atoms with Crippen molar-refractivity contribution in [2.24, 2.45) is 0 Å². The fourth-order valence-corrected chi connectivity index (χ4v) is 1.93. The van der Waals surface area contributed by atoms with E-state index in [2.05, 4.69) is 16.0 Å². The van der Waals surface area contributed by atoms with Gasteiger partial charge in [-0.15, -0.1) is 0 Å². The van der Waals surface area contributed by atoms with E-state index in [9.17, 15) is 0 Å². The molecule has 15 heavy (non-hydrogen) atoms. The average molecular weight is 215 g/mol. The largest absolute Gasteiger partial charge is 0.249 e. The molecule has 0 saturated heterocycles. The molecule has 0 spiro atoms. The molecule has 1 aromatic carbocycles. The highest BCUT2D eigenvalue weighted by molar-refractivity contribution is 7.99. The van der Waals surface area contributed by atoms with Crippen molar-refractivity contribution < 1.29 is 0 Å². The molecule has 0 saturated carbocycles. The highest BCUT2D eigenvalue weighted by Gasteiger charge is 2.04. The van der Waals surface area contributed by atoms with Gasteiger partial charge in [0.25, 0.3) is 0 Å². The zero-order chi connectivity index (χ0) is 10.7. The maximum Gasteiger partial charge on any atom is 0.119 e. The van der Waals surface area contributed by atoms with E-state index in [0.29, 0.717) is 5.75 Å². The third-order valence-electron chi connectivity index (χ3n) is 1.97. The standard InChI is InChI=1S/C11H9N3S/c1-8-11(15-7-6-12)14-10-5-3-2-4-9(10)13-8/h2-5H,7H2,1H3. The van der Waals surface area contributed by atoms with E-state index >= 15 is 0 Å². The van der Waals surface area contributed by atoms with E-state index in [1.54, 1.807) is 0 Å². The van der Waals surface area contributed by atoms with Crippen LogP contribution in [0.3, 0.4) is 0 Å². The van der Waals surface area contributed by atoms with Crippen LogP contribution in [-0.2, 0) is 0 Å². The van der Waals surface area contributed by atoms with Crippen LogP contribution in [0.25, 0.3) is 11.0 Å². The number of hydrogen-bond donors (Lipinski definition) is 0. The minimum atomic E-state index is 0.411. The Hall–Kier alpha value is -1.60. The summed E-state index contributed by atoms with van der Waals surface area (Å²) in [5, 5.41) is 9.36. The number of hydrogen-bond acceptors (Lipinski definition) is 4. The van der Waals surface area contributed by atoms with Gasteiger partial charge >= 0.3 is 0 Å². The Labute approximate surface area is 92.2 Å². The van der Waals surface area contributed by atoms with Crippen LogP contribution in [0, 0.1) is 18.3 Å². The van der Waals surface area contributed by atoms with Gasteiger partial charge in [0.2, 0.25) is 0 Å². The maximum atomic E-state index is 8.51. The fourth-order valence-electron chi connectivity index (χ4n) is 1.31. The fraction of sp³-hybridized carbons (Fsp3) is 0.182. The van der Waals surface area contributed by atoms with Crippen LogP contribution >= 0.6 is 11.8 Å². The number of benzene rings is 1. The highest BCUT2D eigenvalue weighted by atomic mass is 32.2. The maximum absolute atomic E-state index is 8.51. The zero-order valence-electron chi connectivity index (χ0n) is 8.27. The second-order valence-corrected chi connectivity index (χ2v) is 4.01. The van der Waals surface area contributed by atoms with E-state index in [1.165, 1.54) is 11.8 Å². The lowest BCUT2D eigenvalue weighted by Crippen LogP contribution is -1.92. The van der Waals surface area contributed by atoms with Crippen molar-refractivity contribution in [2.75, 3.05) is 5.75 Å². The van der Waals surface area contributed by atoms with Crippen LogP contribution in [0.2, 0.25) is 0 Å². The first-order chi connectivity index (χ1) is 7.31. The van der Waals surface area contributed by atoms with Crippen LogP contribution < -0.4 is 0 Å². The van der Waals surface area contributed by atoms with Crippen molar-refractivity contribution in [1.82, 2.24) is 9.97 Å². The Morgan fingerprint density at radius 1 is 1.27 bits per heavy atom. The Balaban J connectivity index is 2.48. The summed E-state index contributed by atoms with van der Waals surface area (Å²) in [7, 11) is 0. The Morgan fingerprint density at radius 3 is 2.60 bits per heavy atom. The van der Waals surface area contributed by atoms with Crippen LogP contribution in [0.1, 0.15) is 5.69 Å². The number of fused-ring (bicyclic) bond motifs is 1. The summed E-state index contributed by atoms with van der Waals surface area (Å²) in [5.74, 6) is 0.411. The summed E-state index contributed by atoms with van der Waals surface area (Å²) < 4.78 is 0. The Morgan fingerprint density at radius 2 is 1.93 bits per heavy atom. The monoisotopic (exact) mass is 215 g/mol. The van der Waals surface area contributed by atoms with E-state index in [4.69, 9.17) is 5.26 Å². The molecule has 0 aliphatic heterocycles. The number of rotatable bonds is 2. The van der Waals surface area contributed by atoms with E-state index in [-0.39, 0.29) is 0 Å². The Bertz CT molecular complexity index is 531. The molecule has 0 bridgehead atoms. The summed E-state index contributed by atoms with van der Waals surface area (Å²) >= 11 is 1.43. The third kappa shape index (κ3) is 2.08. The molecule has 0 unspecified atom stereocenters. The molecular formula is C11H9N3S. The zero-order valence-corrected chi connectivity index (χ0v) is 9.08. The summed E-state index contributed by atoms with van der Waals surface area (Å²) in [5.41, 5.74) is 2.66. The number of aromatic nitrogens is 2. The van der Waals surface area contributed by atoms with Gasteiger partial charge in [-0.3, -0.25) is 0 Å². The number of nitriles is 1. The predicted octanol–water partition coefficient (Wildman–Crippen LogP) is 2.55. The van der Waals surface area contributed by atoms with E-state index < -0.39 is 0 Å². The lowest BCUT2D eigenvalue weighted by Gasteiger charge is -2.03. The Kier molecular flexibility index (Phi) is 2.84. The van der Waals surface area contributed by atoms with Crippen molar-refractivity contribution >= 4 is 22.8 Å². The topological polar surface area (TPSA) is 49.6 Å². The van der Waals surface area contributed by atoms with Gasteiger partial charge in [-0.1, -0.05) is 23.9 Å². The van der Waals surface area contributed by atoms with Gasteiger partial charge in [-0.2, -0.15) is 5.26 Å². The first-order valence-electron chi connectivity index (χ1n) is 4.54. The van der Waals surface area contributed by atoms with Crippen LogP contribution in [0.5, 0.6) is 0 Å². The number of para-hydroxylation sites is 2. The highest BCUT2D eigenvalue weighted by Crippen LogP contribution is 2.21. The summed E-state index contributed by atoms with van der Waals surface area (Å²) in [6.45, 7) is 1.92. The van der Waals surface area contributed by atoms with Crippen molar-refractivity contribution in [3.05, 3.63) is 30.0 Å². The molecule has 0 fully saturated rings. The van der Waals surface area contributed by atoms with Crippen LogP contribution in [-0.4, -0.2) is 15.7 Å². The normalized spacial score (nSPS) is 10.1. The third-order valence-corrected chi connectivity index (χ3v) is 2.91.